The number of ether oxygens (including phenoxy) is 1. The summed E-state index contributed by atoms with van der Waals surface area (Å²) in [5, 5.41) is 12.4. The molecule has 0 aliphatic carbocycles. The Labute approximate surface area is 196 Å². The predicted molar refractivity (Wildman–Crippen MR) is 133 cm³/mol. The summed E-state index contributed by atoms with van der Waals surface area (Å²) in [6.45, 7) is 8.58. The second-order valence-electron chi connectivity index (χ2n) is 7.18. The molecule has 1 N–H and O–H groups in total. The molecule has 0 saturated heterocycles. The topological polar surface area (TPSA) is 67.0 Å². The van der Waals surface area contributed by atoms with Crippen LogP contribution < -0.4 is 10.1 Å². The van der Waals surface area contributed by atoms with Gasteiger partial charge in [0.1, 0.15) is 17.4 Å². The molecule has 0 saturated carbocycles. The van der Waals surface area contributed by atoms with Gasteiger partial charge in [0.2, 0.25) is 0 Å². The Morgan fingerprint density at radius 2 is 1.87 bits per heavy atom. The largest absolute Gasteiger partial charge is 0.494 e. The number of aromatic nitrogens is 1. The highest BCUT2D eigenvalue weighted by atomic mass is 127. The standard InChI is InChI=1S/C25H24IN3O2/c1-5-31-23-9-6-21(7-10-23)28-25(30)20(15-27)14-19-13-17(3)29(18(19)4)22-8-11-24(26)16(2)12-22/h6-14H,5H2,1-4H3,(H,28,30)/b20-14+. The van der Waals surface area contributed by atoms with Crippen molar-refractivity contribution >= 4 is 40.3 Å². The minimum atomic E-state index is -0.443. The highest BCUT2D eigenvalue weighted by molar-refractivity contribution is 14.1. The van der Waals surface area contributed by atoms with E-state index in [-0.39, 0.29) is 5.57 Å². The number of halogens is 1. The van der Waals surface area contributed by atoms with Gasteiger partial charge in [-0.1, -0.05) is 0 Å². The summed E-state index contributed by atoms with van der Waals surface area (Å²) in [4.78, 5) is 12.7. The van der Waals surface area contributed by atoms with Crippen molar-refractivity contribution in [2.75, 3.05) is 11.9 Å². The van der Waals surface area contributed by atoms with Gasteiger partial charge in [-0.3, -0.25) is 4.79 Å². The van der Waals surface area contributed by atoms with E-state index < -0.39 is 5.91 Å². The number of aryl methyl sites for hydroxylation is 2. The van der Waals surface area contributed by atoms with Gasteiger partial charge < -0.3 is 14.6 Å². The molecule has 0 bridgehead atoms. The summed E-state index contributed by atoms with van der Waals surface area (Å²) in [6, 6.07) is 17.4. The van der Waals surface area contributed by atoms with Crippen LogP contribution in [0, 0.1) is 35.7 Å². The molecule has 0 spiro atoms. The minimum Gasteiger partial charge on any atom is -0.494 e. The number of carbonyl (C=O) groups is 1. The fourth-order valence-electron chi connectivity index (χ4n) is 3.40. The average molecular weight is 525 g/mol. The average Bonchev–Trinajstić information content (AvgIpc) is 3.02. The first-order valence-corrected chi connectivity index (χ1v) is 11.0. The Hall–Kier alpha value is -3.05. The second-order valence-corrected chi connectivity index (χ2v) is 8.34. The van der Waals surface area contributed by atoms with E-state index in [9.17, 15) is 10.1 Å². The number of rotatable bonds is 6. The summed E-state index contributed by atoms with van der Waals surface area (Å²) >= 11 is 2.32. The van der Waals surface area contributed by atoms with Crippen LogP contribution in [0.3, 0.4) is 0 Å². The number of carbonyl (C=O) groups excluding carboxylic acids is 1. The molecule has 1 amide bonds. The van der Waals surface area contributed by atoms with Crippen molar-refractivity contribution in [3.63, 3.8) is 0 Å². The zero-order valence-corrected chi connectivity index (χ0v) is 20.1. The monoisotopic (exact) mass is 525 g/mol. The Kier molecular flexibility index (Phi) is 7.18. The smallest absolute Gasteiger partial charge is 0.266 e. The van der Waals surface area contributed by atoms with Crippen molar-refractivity contribution in [2.45, 2.75) is 27.7 Å². The third-order valence-electron chi connectivity index (χ3n) is 4.96. The van der Waals surface area contributed by atoms with E-state index in [4.69, 9.17) is 4.74 Å². The third kappa shape index (κ3) is 5.17. The third-order valence-corrected chi connectivity index (χ3v) is 6.17. The summed E-state index contributed by atoms with van der Waals surface area (Å²) in [6.07, 6.45) is 1.64. The number of nitrogens with one attached hydrogen (secondary N) is 1. The van der Waals surface area contributed by atoms with Crippen LogP contribution >= 0.6 is 22.6 Å². The van der Waals surface area contributed by atoms with E-state index in [1.165, 1.54) is 9.13 Å². The van der Waals surface area contributed by atoms with Crippen molar-refractivity contribution in [1.82, 2.24) is 4.57 Å². The van der Waals surface area contributed by atoms with Crippen LogP contribution in [0.4, 0.5) is 5.69 Å². The number of nitrogens with zero attached hydrogens (tertiary/aromatic N) is 2. The molecule has 6 heteroatoms. The molecule has 0 aliphatic heterocycles. The molecule has 1 heterocycles. The predicted octanol–water partition coefficient (Wildman–Crippen LogP) is 5.95. The molecule has 0 unspecified atom stereocenters. The fraction of sp³-hybridized carbons (Fsp3) is 0.200. The lowest BCUT2D eigenvalue weighted by molar-refractivity contribution is -0.112. The highest BCUT2D eigenvalue weighted by Crippen LogP contribution is 2.25. The molecule has 0 aliphatic rings. The van der Waals surface area contributed by atoms with Gasteiger partial charge in [0.05, 0.1) is 6.61 Å². The van der Waals surface area contributed by atoms with Crippen LogP contribution in [-0.2, 0) is 4.79 Å². The summed E-state index contributed by atoms with van der Waals surface area (Å²) in [7, 11) is 0. The van der Waals surface area contributed by atoms with Crippen LogP contribution in [0.15, 0.2) is 54.1 Å². The Morgan fingerprint density at radius 3 is 2.48 bits per heavy atom. The van der Waals surface area contributed by atoms with Gasteiger partial charge in [-0.15, -0.1) is 0 Å². The summed E-state index contributed by atoms with van der Waals surface area (Å²) in [5.74, 6) is 0.288. The first-order valence-electron chi connectivity index (χ1n) is 9.95. The van der Waals surface area contributed by atoms with E-state index in [0.717, 1.165) is 28.4 Å². The Bertz CT molecular complexity index is 1180. The van der Waals surface area contributed by atoms with E-state index in [2.05, 4.69) is 57.6 Å². The zero-order chi connectivity index (χ0) is 22.5. The second kappa shape index (κ2) is 9.84. The van der Waals surface area contributed by atoms with E-state index in [1.54, 1.807) is 30.3 Å². The molecule has 1 aromatic heterocycles. The lowest BCUT2D eigenvalue weighted by Crippen LogP contribution is -2.13. The van der Waals surface area contributed by atoms with Crippen LogP contribution in [0.1, 0.15) is 29.4 Å². The van der Waals surface area contributed by atoms with Gasteiger partial charge in [0.25, 0.3) is 5.91 Å². The highest BCUT2D eigenvalue weighted by Gasteiger charge is 2.14. The van der Waals surface area contributed by atoms with Crippen molar-refractivity contribution in [2.24, 2.45) is 0 Å². The lowest BCUT2D eigenvalue weighted by atomic mass is 10.1. The molecule has 5 nitrogen and oxygen atoms in total. The normalized spacial score (nSPS) is 11.2. The quantitative estimate of drug-likeness (QED) is 0.246. The van der Waals surface area contributed by atoms with Crippen molar-refractivity contribution in [1.29, 1.82) is 5.26 Å². The zero-order valence-electron chi connectivity index (χ0n) is 18.0. The molecule has 31 heavy (non-hydrogen) atoms. The van der Waals surface area contributed by atoms with Crippen LogP contribution in [0.2, 0.25) is 0 Å². The lowest BCUT2D eigenvalue weighted by Gasteiger charge is -2.11. The minimum absolute atomic E-state index is 0.0490. The van der Waals surface area contributed by atoms with Crippen molar-refractivity contribution in [3.8, 4) is 17.5 Å². The van der Waals surface area contributed by atoms with Gasteiger partial charge in [0, 0.05) is 26.3 Å². The molecule has 2 aromatic carbocycles. The number of hydrogen-bond acceptors (Lipinski definition) is 3. The molecule has 3 aromatic rings. The van der Waals surface area contributed by atoms with Crippen molar-refractivity contribution in [3.05, 3.63) is 80.2 Å². The molecule has 158 valence electrons. The van der Waals surface area contributed by atoms with Gasteiger partial charge >= 0.3 is 0 Å². The molecule has 0 radical (unpaired) electrons. The van der Waals surface area contributed by atoms with Gasteiger partial charge in [-0.2, -0.15) is 5.26 Å². The number of anilines is 1. The first-order chi connectivity index (χ1) is 14.8. The first kappa shape index (κ1) is 22.6. The SMILES string of the molecule is CCOc1ccc(NC(=O)/C(C#N)=C/c2cc(C)n(-c3ccc(I)c(C)c3)c2C)cc1. The van der Waals surface area contributed by atoms with Gasteiger partial charge in [-0.25, -0.2) is 0 Å². The Morgan fingerprint density at radius 1 is 1.16 bits per heavy atom. The van der Waals surface area contributed by atoms with Gasteiger partial charge in [-0.05, 0) is 116 Å². The molecule has 0 fully saturated rings. The summed E-state index contributed by atoms with van der Waals surface area (Å²) in [5.41, 5.74) is 5.77. The van der Waals surface area contributed by atoms with E-state index >= 15 is 0 Å². The molecular weight excluding hydrogens is 501 g/mol. The number of benzene rings is 2. The molecular formula is C25H24IN3O2. The fourth-order valence-corrected chi connectivity index (χ4v) is 3.74. The van der Waals surface area contributed by atoms with E-state index in [0.29, 0.717) is 12.3 Å². The maximum atomic E-state index is 12.7. The Balaban J connectivity index is 1.87. The number of amides is 1. The number of nitriles is 1. The molecule has 0 atom stereocenters. The van der Waals surface area contributed by atoms with Crippen LogP contribution in [0.25, 0.3) is 11.8 Å². The van der Waals surface area contributed by atoms with Crippen LogP contribution in [0.5, 0.6) is 5.75 Å². The van der Waals surface area contributed by atoms with Gasteiger partial charge in [0.15, 0.2) is 0 Å². The maximum absolute atomic E-state index is 12.7. The maximum Gasteiger partial charge on any atom is 0.266 e. The number of hydrogen-bond donors (Lipinski definition) is 1. The van der Waals surface area contributed by atoms with Crippen molar-refractivity contribution < 1.29 is 9.53 Å². The van der Waals surface area contributed by atoms with E-state index in [1.807, 2.05) is 32.9 Å². The van der Waals surface area contributed by atoms with Crippen LogP contribution in [-0.4, -0.2) is 17.1 Å². The molecule has 3 rings (SSSR count). The summed E-state index contributed by atoms with van der Waals surface area (Å²) < 4.78 is 8.75.